The lowest BCUT2D eigenvalue weighted by atomic mass is 9.89. The SMILES string of the molecule is Cn1cc(Br)nc(Nc2ccc([C@@H]3CCCN(C(=O)OC(C)(C)C)C3)c(N)c2)c1=O. The molecule has 3 N–H and O–H groups in total. The molecule has 1 fully saturated rings. The summed E-state index contributed by atoms with van der Waals surface area (Å²) in [5.41, 5.74) is 7.87. The topological polar surface area (TPSA) is 102 Å². The molecule has 9 heteroatoms. The van der Waals surface area contributed by atoms with Gasteiger partial charge in [0.15, 0.2) is 5.82 Å². The Bertz CT molecular complexity index is 999. The highest BCUT2D eigenvalue weighted by atomic mass is 79.9. The second-order valence-corrected chi connectivity index (χ2v) is 9.37. The molecule has 0 saturated carbocycles. The Kier molecular flexibility index (Phi) is 6.40. The van der Waals surface area contributed by atoms with Crippen LogP contribution in [0.15, 0.2) is 33.8 Å². The number of aryl methyl sites for hydroxylation is 1. The van der Waals surface area contributed by atoms with Crippen molar-refractivity contribution < 1.29 is 9.53 Å². The molecule has 1 saturated heterocycles. The van der Waals surface area contributed by atoms with Crippen molar-refractivity contribution >= 4 is 39.2 Å². The number of rotatable bonds is 3. The van der Waals surface area contributed by atoms with E-state index in [2.05, 4.69) is 26.2 Å². The zero-order valence-corrected chi connectivity index (χ0v) is 19.3. The summed E-state index contributed by atoms with van der Waals surface area (Å²) < 4.78 is 7.52. The number of carbonyl (C=O) groups excluding carboxylic acids is 1. The maximum Gasteiger partial charge on any atom is 0.410 e. The van der Waals surface area contributed by atoms with Crippen molar-refractivity contribution in [1.82, 2.24) is 14.5 Å². The third-order valence-electron chi connectivity index (χ3n) is 4.90. The van der Waals surface area contributed by atoms with Crippen molar-refractivity contribution in [2.75, 3.05) is 24.1 Å². The van der Waals surface area contributed by atoms with Crippen LogP contribution in [0.3, 0.4) is 0 Å². The Morgan fingerprint density at radius 2 is 2.10 bits per heavy atom. The number of piperidine rings is 1. The van der Waals surface area contributed by atoms with Gasteiger partial charge in [-0.3, -0.25) is 4.79 Å². The van der Waals surface area contributed by atoms with Gasteiger partial charge in [-0.2, -0.15) is 0 Å². The number of hydrogen-bond donors (Lipinski definition) is 2. The highest BCUT2D eigenvalue weighted by molar-refractivity contribution is 9.10. The van der Waals surface area contributed by atoms with Gasteiger partial charge < -0.3 is 25.3 Å². The smallest absolute Gasteiger partial charge is 0.410 e. The lowest BCUT2D eigenvalue weighted by Crippen LogP contribution is -2.42. The summed E-state index contributed by atoms with van der Waals surface area (Å²) in [6.07, 6.45) is 3.15. The first kappa shape index (κ1) is 22.1. The van der Waals surface area contributed by atoms with E-state index in [1.807, 2.05) is 32.9 Å². The number of ether oxygens (including phenoxy) is 1. The second kappa shape index (κ2) is 8.67. The maximum atomic E-state index is 12.4. The summed E-state index contributed by atoms with van der Waals surface area (Å²) in [6, 6.07) is 5.62. The molecule has 3 rings (SSSR count). The number of likely N-dealkylation sites (tertiary alicyclic amines) is 1. The summed E-state index contributed by atoms with van der Waals surface area (Å²) in [7, 11) is 1.66. The van der Waals surface area contributed by atoms with Gasteiger partial charge in [-0.05, 0) is 67.2 Å². The second-order valence-electron chi connectivity index (χ2n) is 8.56. The van der Waals surface area contributed by atoms with Gasteiger partial charge in [-0.1, -0.05) is 6.07 Å². The van der Waals surface area contributed by atoms with E-state index < -0.39 is 5.60 Å². The van der Waals surface area contributed by atoms with Gasteiger partial charge in [0.1, 0.15) is 10.2 Å². The minimum atomic E-state index is -0.520. The molecule has 162 valence electrons. The first-order chi connectivity index (χ1) is 14.0. The van der Waals surface area contributed by atoms with Crippen LogP contribution in [0, 0.1) is 0 Å². The molecular formula is C21H28BrN5O3. The zero-order chi connectivity index (χ0) is 22.1. The summed E-state index contributed by atoms with van der Waals surface area (Å²) in [5.74, 6) is 0.352. The quantitative estimate of drug-likeness (QED) is 0.647. The van der Waals surface area contributed by atoms with Gasteiger partial charge in [0.25, 0.3) is 5.56 Å². The molecule has 0 radical (unpaired) electrons. The number of benzene rings is 1. The van der Waals surface area contributed by atoms with Crippen LogP contribution in [0.1, 0.15) is 45.1 Å². The van der Waals surface area contributed by atoms with E-state index in [0.29, 0.717) is 29.1 Å². The molecule has 0 unspecified atom stereocenters. The third-order valence-corrected chi connectivity index (χ3v) is 5.29. The summed E-state index contributed by atoms with van der Waals surface area (Å²) in [4.78, 5) is 30.7. The molecule has 1 atom stereocenters. The van der Waals surface area contributed by atoms with Crippen molar-refractivity contribution in [2.45, 2.75) is 45.1 Å². The molecule has 30 heavy (non-hydrogen) atoms. The minimum Gasteiger partial charge on any atom is -0.444 e. The number of amides is 1. The molecule has 2 aromatic rings. The number of nitrogens with two attached hydrogens (primary N) is 1. The molecule has 2 heterocycles. The standard InChI is InChI=1S/C21H28BrN5O3/c1-21(2,3)30-20(29)27-9-5-6-13(11-27)15-8-7-14(10-16(15)23)24-18-19(28)26(4)12-17(22)25-18/h7-8,10,12-13H,5-6,9,11,23H2,1-4H3,(H,24,25)/t13-/m1/s1. The van der Waals surface area contributed by atoms with Crippen LogP contribution in [0.4, 0.5) is 22.0 Å². The highest BCUT2D eigenvalue weighted by Crippen LogP contribution is 2.33. The van der Waals surface area contributed by atoms with Gasteiger partial charge in [0.2, 0.25) is 0 Å². The predicted octanol–water partition coefficient (Wildman–Crippen LogP) is 3.98. The van der Waals surface area contributed by atoms with E-state index in [9.17, 15) is 9.59 Å². The van der Waals surface area contributed by atoms with Gasteiger partial charge in [0.05, 0.1) is 0 Å². The monoisotopic (exact) mass is 477 g/mol. The van der Waals surface area contributed by atoms with Crippen LogP contribution in [0.5, 0.6) is 0 Å². The van der Waals surface area contributed by atoms with Crippen LogP contribution >= 0.6 is 15.9 Å². The van der Waals surface area contributed by atoms with Gasteiger partial charge in [0, 0.05) is 43.6 Å². The van der Waals surface area contributed by atoms with Crippen LogP contribution in [-0.2, 0) is 11.8 Å². The first-order valence-electron chi connectivity index (χ1n) is 9.91. The third kappa shape index (κ3) is 5.33. The minimum absolute atomic E-state index is 0.136. The van der Waals surface area contributed by atoms with Crippen molar-refractivity contribution in [3.8, 4) is 0 Å². The fraction of sp³-hybridized carbons (Fsp3) is 0.476. The number of nitrogens with zero attached hydrogens (tertiary/aromatic N) is 3. The number of nitrogens with one attached hydrogen (secondary N) is 1. The Balaban J connectivity index is 1.75. The number of aromatic nitrogens is 2. The summed E-state index contributed by atoms with van der Waals surface area (Å²) in [6.45, 7) is 6.85. The molecule has 1 aliphatic heterocycles. The van der Waals surface area contributed by atoms with Crippen LogP contribution in [-0.4, -0.2) is 39.2 Å². The zero-order valence-electron chi connectivity index (χ0n) is 17.7. The van der Waals surface area contributed by atoms with E-state index in [1.54, 1.807) is 24.2 Å². The molecular weight excluding hydrogens is 450 g/mol. The predicted molar refractivity (Wildman–Crippen MR) is 121 cm³/mol. The van der Waals surface area contributed by atoms with Crippen molar-refractivity contribution in [2.24, 2.45) is 7.05 Å². The maximum absolute atomic E-state index is 12.4. The number of hydrogen-bond acceptors (Lipinski definition) is 6. The number of nitrogen functional groups attached to an aromatic ring is 1. The fourth-order valence-corrected chi connectivity index (χ4v) is 4.02. The summed E-state index contributed by atoms with van der Waals surface area (Å²) >= 11 is 3.30. The van der Waals surface area contributed by atoms with E-state index in [4.69, 9.17) is 10.5 Å². The number of halogens is 1. The summed E-state index contributed by atoms with van der Waals surface area (Å²) in [5, 5.41) is 3.04. The Morgan fingerprint density at radius 1 is 1.37 bits per heavy atom. The van der Waals surface area contributed by atoms with Gasteiger partial charge in [-0.25, -0.2) is 9.78 Å². The molecule has 8 nitrogen and oxygen atoms in total. The first-order valence-corrected chi connectivity index (χ1v) is 10.7. The van der Waals surface area contributed by atoms with Crippen molar-refractivity contribution in [3.05, 3.63) is 44.9 Å². The molecule has 0 spiro atoms. The molecule has 1 aromatic heterocycles. The molecule has 0 bridgehead atoms. The van der Waals surface area contributed by atoms with E-state index in [1.165, 1.54) is 4.57 Å². The lowest BCUT2D eigenvalue weighted by Gasteiger charge is -2.34. The van der Waals surface area contributed by atoms with Gasteiger partial charge >= 0.3 is 6.09 Å². The molecule has 1 aromatic carbocycles. The number of anilines is 3. The van der Waals surface area contributed by atoms with Crippen LogP contribution in [0.25, 0.3) is 0 Å². The average Bonchev–Trinajstić information content (AvgIpc) is 2.64. The van der Waals surface area contributed by atoms with E-state index in [-0.39, 0.29) is 23.4 Å². The Labute approximate surface area is 184 Å². The lowest BCUT2D eigenvalue weighted by molar-refractivity contribution is 0.0198. The Hall–Kier alpha value is -2.55. The molecule has 1 amide bonds. The molecule has 1 aliphatic rings. The van der Waals surface area contributed by atoms with E-state index >= 15 is 0 Å². The van der Waals surface area contributed by atoms with Crippen molar-refractivity contribution in [1.29, 1.82) is 0 Å². The number of carbonyl (C=O) groups is 1. The largest absolute Gasteiger partial charge is 0.444 e. The normalized spacial score (nSPS) is 17.0. The fourth-order valence-electron chi connectivity index (χ4n) is 3.53. The highest BCUT2D eigenvalue weighted by Gasteiger charge is 2.29. The molecule has 0 aliphatic carbocycles. The van der Waals surface area contributed by atoms with Crippen LogP contribution < -0.4 is 16.6 Å². The Morgan fingerprint density at radius 3 is 2.77 bits per heavy atom. The van der Waals surface area contributed by atoms with Crippen LogP contribution in [0.2, 0.25) is 0 Å². The van der Waals surface area contributed by atoms with Gasteiger partial charge in [-0.15, -0.1) is 0 Å². The average molecular weight is 478 g/mol. The van der Waals surface area contributed by atoms with E-state index in [0.717, 1.165) is 18.4 Å². The van der Waals surface area contributed by atoms with Crippen molar-refractivity contribution in [3.63, 3.8) is 0 Å².